The van der Waals surface area contributed by atoms with Crippen LogP contribution in [0.1, 0.15) is 51.7 Å². The molecule has 1 heterocycles. The number of nitrogens with one attached hydrogen (secondary N) is 3. The first-order valence-electron chi connectivity index (χ1n) is 15.0. The summed E-state index contributed by atoms with van der Waals surface area (Å²) in [5.74, 6) is -1.60. The van der Waals surface area contributed by atoms with Crippen LogP contribution in [0.5, 0.6) is 5.75 Å². The molecule has 5 atom stereocenters. The predicted molar refractivity (Wildman–Crippen MR) is 160 cm³/mol. The molecule has 0 spiro atoms. The second-order valence-corrected chi connectivity index (χ2v) is 11.6. The summed E-state index contributed by atoms with van der Waals surface area (Å²) in [5.41, 5.74) is 1.74. The third-order valence-corrected chi connectivity index (χ3v) is 8.01. The van der Waals surface area contributed by atoms with Crippen molar-refractivity contribution in [3.8, 4) is 5.75 Å². The number of aryl methyl sites for hydroxylation is 1. The molecule has 3 amide bonds. The van der Waals surface area contributed by atoms with Gasteiger partial charge in [-0.2, -0.15) is 0 Å². The Labute approximate surface area is 249 Å². The van der Waals surface area contributed by atoms with E-state index in [4.69, 9.17) is 9.47 Å². The van der Waals surface area contributed by atoms with E-state index in [1.54, 1.807) is 6.07 Å². The topological polar surface area (TPSA) is 106 Å². The zero-order valence-corrected chi connectivity index (χ0v) is 25.5. The van der Waals surface area contributed by atoms with Gasteiger partial charge >= 0.3 is 0 Å². The number of rotatable bonds is 6. The highest BCUT2D eigenvalue weighted by Crippen LogP contribution is 2.30. The van der Waals surface area contributed by atoms with Crippen LogP contribution < -0.4 is 20.7 Å². The maximum absolute atomic E-state index is 14.1. The standard InChI is InChI=1S/C33H46FN3O5/c1-6-26-22(4)19-42-29-15-8-7-12-24(29)13-10-16-35-32(39)28(20-41-5)36-33(40)30(21(2)3)37-31(38)27(26)18-23-11-9-14-25(34)17-23/h7-9,11-12,14-15,17,21-22,26-28,30H,6,10,13,16,18-20H2,1-5H3,(H,35,39)(H,36,40)(H,37,38)/t22-,26?,27-,28-,30+/m0/s1. The van der Waals surface area contributed by atoms with Crippen molar-refractivity contribution in [2.24, 2.45) is 23.7 Å². The average molecular weight is 584 g/mol. The second kappa shape index (κ2) is 16.2. The lowest BCUT2D eigenvalue weighted by Gasteiger charge is -2.33. The van der Waals surface area contributed by atoms with Crippen LogP contribution in [-0.2, 0) is 32.0 Å². The van der Waals surface area contributed by atoms with Gasteiger partial charge in [-0.05, 0) is 66.3 Å². The first-order valence-corrected chi connectivity index (χ1v) is 15.0. The van der Waals surface area contributed by atoms with Crippen molar-refractivity contribution in [2.45, 2.75) is 65.5 Å². The Morgan fingerprint density at radius 3 is 2.48 bits per heavy atom. The molecule has 0 aliphatic carbocycles. The van der Waals surface area contributed by atoms with Crippen LogP contribution in [-0.4, -0.2) is 56.7 Å². The number of hydrogen-bond acceptors (Lipinski definition) is 5. The van der Waals surface area contributed by atoms with Gasteiger partial charge in [0.2, 0.25) is 17.7 Å². The Morgan fingerprint density at radius 2 is 1.79 bits per heavy atom. The Morgan fingerprint density at radius 1 is 1.02 bits per heavy atom. The molecule has 230 valence electrons. The van der Waals surface area contributed by atoms with Crippen molar-refractivity contribution >= 4 is 17.7 Å². The number of halogens is 1. The van der Waals surface area contributed by atoms with Crippen molar-refractivity contribution in [3.63, 3.8) is 0 Å². The van der Waals surface area contributed by atoms with E-state index in [1.165, 1.54) is 19.2 Å². The Bertz CT molecular complexity index is 1190. The van der Waals surface area contributed by atoms with Gasteiger partial charge in [0.05, 0.1) is 13.2 Å². The van der Waals surface area contributed by atoms with Gasteiger partial charge in [0.25, 0.3) is 0 Å². The molecule has 8 nitrogen and oxygen atoms in total. The van der Waals surface area contributed by atoms with E-state index in [1.807, 2.05) is 51.1 Å². The molecule has 2 aromatic rings. The summed E-state index contributed by atoms with van der Waals surface area (Å²) < 4.78 is 25.7. The van der Waals surface area contributed by atoms with Crippen molar-refractivity contribution in [3.05, 3.63) is 65.5 Å². The second-order valence-electron chi connectivity index (χ2n) is 11.6. The van der Waals surface area contributed by atoms with E-state index < -0.39 is 23.9 Å². The number of carbonyl (C=O) groups excluding carboxylic acids is 3. The van der Waals surface area contributed by atoms with Crippen LogP contribution in [0.2, 0.25) is 0 Å². The molecule has 1 aliphatic heterocycles. The summed E-state index contributed by atoms with van der Waals surface area (Å²) in [4.78, 5) is 40.5. The number of fused-ring (bicyclic) bond motifs is 1. The van der Waals surface area contributed by atoms with Crippen LogP contribution in [0.3, 0.4) is 0 Å². The number of carbonyl (C=O) groups is 3. The number of para-hydroxylation sites is 1. The normalized spacial score (nSPS) is 24.8. The zero-order valence-electron chi connectivity index (χ0n) is 25.5. The highest BCUT2D eigenvalue weighted by Gasteiger charge is 2.36. The summed E-state index contributed by atoms with van der Waals surface area (Å²) in [5, 5.41) is 8.65. The minimum absolute atomic E-state index is 0.00930. The molecule has 2 aromatic carbocycles. The van der Waals surface area contributed by atoms with Gasteiger partial charge in [-0.1, -0.05) is 64.4 Å². The van der Waals surface area contributed by atoms with E-state index >= 15 is 0 Å². The predicted octanol–water partition coefficient (Wildman–Crippen LogP) is 4.06. The van der Waals surface area contributed by atoms with Crippen LogP contribution in [0, 0.1) is 29.5 Å². The Kier molecular flexibility index (Phi) is 12.8. The molecular weight excluding hydrogens is 537 g/mol. The number of hydrogen-bond donors (Lipinski definition) is 3. The van der Waals surface area contributed by atoms with Crippen molar-refractivity contribution in [2.75, 3.05) is 26.9 Å². The SMILES string of the molecule is CCC1[C@H](Cc2cccc(F)c2)C(=O)N[C@H](C(C)C)C(=O)N[C@@H](COC)C(=O)NCCCc2ccccc2OC[C@@H]1C. The largest absolute Gasteiger partial charge is 0.493 e. The molecular formula is C33H46FN3O5. The lowest BCUT2D eigenvalue weighted by Crippen LogP contribution is -2.57. The molecule has 9 heteroatoms. The third kappa shape index (κ3) is 9.28. The molecule has 3 N–H and O–H groups in total. The summed E-state index contributed by atoms with van der Waals surface area (Å²) >= 11 is 0. The molecule has 42 heavy (non-hydrogen) atoms. The summed E-state index contributed by atoms with van der Waals surface area (Å²) in [6.45, 7) is 8.59. The fourth-order valence-electron chi connectivity index (χ4n) is 5.66. The molecule has 0 saturated heterocycles. The van der Waals surface area contributed by atoms with E-state index in [2.05, 4.69) is 22.9 Å². The molecule has 0 aromatic heterocycles. The molecule has 1 aliphatic rings. The molecule has 0 fully saturated rings. The van der Waals surface area contributed by atoms with Crippen molar-refractivity contribution in [1.82, 2.24) is 16.0 Å². The van der Waals surface area contributed by atoms with E-state index in [9.17, 15) is 18.8 Å². The molecule has 0 bridgehead atoms. The highest BCUT2D eigenvalue weighted by molar-refractivity contribution is 5.92. The van der Waals surface area contributed by atoms with Gasteiger partial charge in [-0.15, -0.1) is 0 Å². The molecule has 0 radical (unpaired) electrons. The molecule has 1 unspecified atom stereocenters. The smallest absolute Gasteiger partial charge is 0.244 e. The fraction of sp³-hybridized carbons (Fsp3) is 0.545. The lowest BCUT2D eigenvalue weighted by molar-refractivity contribution is -0.135. The number of ether oxygens (including phenoxy) is 2. The van der Waals surface area contributed by atoms with Crippen LogP contribution >= 0.6 is 0 Å². The minimum Gasteiger partial charge on any atom is -0.493 e. The van der Waals surface area contributed by atoms with Crippen molar-refractivity contribution < 1.29 is 28.2 Å². The summed E-state index contributed by atoms with van der Waals surface area (Å²) in [6.07, 6.45) is 2.38. The van der Waals surface area contributed by atoms with Gasteiger partial charge < -0.3 is 25.4 Å². The first-order chi connectivity index (χ1) is 20.1. The third-order valence-electron chi connectivity index (χ3n) is 8.01. The Balaban J connectivity index is 1.99. The Hall–Kier alpha value is -3.46. The van der Waals surface area contributed by atoms with Gasteiger partial charge in [-0.3, -0.25) is 14.4 Å². The number of benzene rings is 2. The minimum atomic E-state index is -0.915. The highest BCUT2D eigenvalue weighted by atomic mass is 19.1. The van der Waals surface area contributed by atoms with Gasteiger partial charge in [0, 0.05) is 19.6 Å². The quantitative estimate of drug-likeness (QED) is 0.476. The molecule has 3 rings (SSSR count). The maximum Gasteiger partial charge on any atom is 0.244 e. The van der Waals surface area contributed by atoms with Gasteiger partial charge in [-0.25, -0.2) is 4.39 Å². The van der Waals surface area contributed by atoms with Crippen LogP contribution in [0.4, 0.5) is 4.39 Å². The average Bonchev–Trinajstić information content (AvgIpc) is 2.96. The van der Waals surface area contributed by atoms with Crippen LogP contribution in [0.25, 0.3) is 0 Å². The van der Waals surface area contributed by atoms with Crippen molar-refractivity contribution in [1.29, 1.82) is 0 Å². The monoisotopic (exact) mass is 583 g/mol. The fourth-order valence-corrected chi connectivity index (χ4v) is 5.66. The van der Waals surface area contributed by atoms with E-state index in [0.717, 1.165) is 11.3 Å². The first kappa shape index (κ1) is 33.0. The number of methoxy groups -OCH3 is 1. The maximum atomic E-state index is 14.1. The van der Waals surface area contributed by atoms with Gasteiger partial charge in [0.1, 0.15) is 23.7 Å². The summed E-state index contributed by atoms with van der Waals surface area (Å²) in [7, 11) is 1.46. The van der Waals surface area contributed by atoms with Crippen LogP contribution in [0.15, 0.2) is 48.5 Å². The summed E-state index contributed by atoms with van der Waals surface area (Å²) in [6, 6.07) is 12.3. The van der Waals surface area contributed by atoms with Gasteiger partial charge in [0.15, 0.2) is 0 Å². The number of amides is 3. The molecule has 0 saturated carbocycles. The van der Waals surface area contributed by atoms with E-state index in [-0.39, 0.29) is 42.0 Å². The zero-order chi connectivity index (χ0) is 30.6. The lowest BCUT2D eigenvalue weighted by atomic mass is 9.77. The van der Waals surface area contributed by atoms with E-state index in [0.29, 0.717) is 44.4 Å².